The number of ether oxygens (including phenoxy) is 1. The fraction of sp³-hybridized carbons (Fsp3) is 0.316. The smallest absolute Gasteiger partial charge is 0.268 e. The van der Waals surface area contributed by atoms with E-state index in [1.54, 1.807) is 13.1 Å². The van der Waals surface area contributed by atoms with Gasteiger partial charge in [0.25, 0.3) is 11.5 Å². The maximum absolute atomic E-state index is 12.4. The van der Waals surface area contributed by atoms with Gasteiger partial charge in [-0.15, -0.1) is 11.3 Å². The van der Waals surface area contributed by atoms with Gasteiger partial charge in [-0.2, -0.15) is 0 Å². The number of hydrogen-bond acceptors (Lipinski definition) is 5. The molecule has 6 nitrogen and oxygen atoms in total. The molecule has 0 atom stereocenters. The number of hydrogen-bond donors (Lipinski definition) is 1. The predicted octanol–water partition coefficient (Wildman–Crippen LogP) is 3.15. The van der Waals surface area contributed by atoms with Crippen molar-refractivity contribution in [2.24, 2.45) is 0 Å². The Hall–Kier alpha value is -2.67. The van der Waals surface area contributed by atoms with Crippen molar-refractivity contribution in [3.63, 3.8) is 0 Å². The van der Waals surface area contributed by atoms with Crippen molar-refractivity contribution in [2.75, 3.05) is 13.7 Å². The van der Waals surface area contributed by atoms with E-state index in [1.165, 1.54) is 16.2 Å². The van der Waals surface area contributed by atoms with E-state index < -0.39 is 0 Å². The highest BCUT2D eigenvalue weighted by Gasteiger charge is 2.14. The Morgan fingerprint density at radius 3 is 2.85 bits per heavy atom. The molecular formula is C19H21N3O3S. The van der Waals surface area contributed by atoms with E-state index in [0.29, 0.717) is 22.0 Å². The zero-order chi connectivity index (χ0) is 18.7. The van der Waals surface area contributed by atoms with E-state index in [4.69, 9.17) is 4.74 Å². The van der Waals surface area contributed by atoms with Gasteiger partial charge in [0, 0.05) is 7.05 Å². The molecule has 0 aliphatic heterocycles. The molecule has 3 rings (SSSR count). The van der Waals surface area contributed by atoms with Crippen molar-refractivity contribution in [3.05, 3.63) is 57.5 Å². The van der Waals surface area contributed by atoms with Gasteiger partial charge in [-0.05, 0) is 29.0 Å². The number of para-hydroxylation sites is 1. The topological polar surface area (TPSA) is 75.3 Å². The number of nitrogens with one attached hydrogen (secondary N) is 1. The number of rotatable bonds is 6. The molecule has 1 N–H and O–H groups in total. The number of benzene rings is 1. The minimum atomic E-state index is -0.184. The Labute approximate surface area is 155 Å². The van der Waals surface area contributed by atoms with E-state index in [0.717, 1.165) is 11.3 Å². The van der Waals surface area contributed by atoms with Gasteiger partial charge in [0.15, 0.2) is 6.61 Å². The van der Waals surface area contributed by atoms with Gasteiger partial charge >= 0.3 is 0 Å². The number of likely N-dealkylation sites (N-methyl/N-ethyl adjacent to an activating group) is 1. The standard InChI is InChI=1S/C19H21N3O3S/c1-12(2)13-6-4-5-7-15(13)25-11-17(23)22(3)10-16-20-14-8-9-26-18(14)19(24)21-16/h4-9,12H,10-11H2,1-3H3,(H,20,21,24). The third-order valence-corrected chi connectivity index (χ3v) is 4.97. The van der Waals surface area contributed by atoms with Gasteiger partial charge in [0.2, 0.25) is 0 Å². The number of carbonyl (C=O) groups is 1. The molecular weight excluding hydrogens is 350 g/mol. The third kappa shape index (κ3) is 3.94. The average Bonchev–Trinajstić information content (AvgIpc) is 3.08. The number of H-pyrrole nitrogens is 1. The molecule has 26 heavy (non-hydrogen) atoms. The first-order chi connectivity index (χ1) is 12.5. The molecule has 0 saturated heterocycles. The number of amides is 1. The van der Waals surface area contributed by atoms with Crippen LogP contribution < -0.4 is 10.3 Å². The van der Waals surface area contributed by atoms with Gasteiger partial charge in [-0.3, -0.25) is 9.59 Å². The molecule has 3 aromatic rings. The summed E-state index contributed by atoms with van der Waals surface area (Å²) < 4.78 is 6.31. The molecule has 136 valence electrons. The molecule has 2 heterocycles. The molecule has 2 aromatic heterocycles. The molecule has 1 amide bonds. The summed E-state index contributed by atoms with van der Waals surface area (Å²) >= 11 is 1.35. The number of carbonyl (C=O) groups excluding carboxylic acids is 1. The van der Waals surface area contributed by atoms with E-state index in [9.17, 15) is 9.59 Å². The van der Waals surface area contributed by atoms with Gasteiger partial charge in [0.05, 0.1) is 12.1 Å². The second-order valence-corrected chi connectivity index (χ2v) is 7.29. The van der Waals surface area contributed by atoms with Crippen LogP contribution in [0.25, 0.3) is 10.2 Å². The summed E-state index contributed by atoms with van der Waals surface area (Å²) in [5.41, 5.74) is 1.54. The summed E-state index contributed by atoms with van der Waals surface area (Å²) in [5, 5.41) is 1.82. The molecule has 7 heteroatoms. The highest BCUT2D eigenvalue weighted by molar-refractivity contribution is 7.17. The average molecular weight is 371 g/mol. The Bertz CT molecular complexity index is 977. The normalized spacial score (nSPS) is 11.1. The number of fused-ring (bicyclic) bond motifs is 1. The lowest BCUT2D eigenvalue weighted by molar-refractivity contribution is -0.132. The molecule has 1 aromatic carbocycles. The second kappa shape index (κ2) is 7.70. The second-order valence-electron chi connectivity index (χ2n) is 6.38. The fourth-order valence-corrected chi connectivity index (χ4v) is 3.37. The minimum absolute atomic E-state index is 0.0643. The highest BCUT2D eigenvalue weighted by atomic mass is 32.1. The van der Waals surface area contributed by atoms with Gasteiger partial charge in [-0.25, -0.2) is 4.98 Å². The first-order valence-corrected chi connectivity index (χ1v) is 9.25. The first kappa shape index (κ1) is 18.1. The zero-order valence-corrected chi connectivity index (χ0v) is 15.8. The van der Waals surface area contributed by atoms with E-state index in [2.05, 4.69) is 23.8 Å². The summed E-state index contributed by atoms with van der Waals surface area (Å²) in [6, 6.07) is 9.51. The van der Waals surface area contributed by atoms with Gasteiger partial charge in [-0.1, -0.05) is 32.0 Å². The van der Waals surface area contributed by atoms with Crippen molar-refractivity contribution >= 4 is 27.5 Å². The molecule has 0 fully saturated rings. The minimum Gasteiger partial charge on any atom is -0.483 e. The summed E-state index contributed by atoms with van der Waals surface area (Å²) in [7, 11) is 1.66. The predicted molar refractivity (Wildman–Crippen MR) is 103 cm³/mol. The summed E-state index contributed by atoms with van der Waals surface area (Å²) in [6.45, 7) is 4.32. The fourth-order valence-electron chi connectivity index (χ4n) is 2.65. The number of aromatic amines is 1. The number of thiophene rings is 1. The van der Waals surface area contributed by atoms with Crippen LogP contribution >= 0.6 is 11.3 Å². The lowest BCUT2D eigenvalue weighted by Crippen LogP contribution is -2.32. The van der Waals surface area contributed by atoms with Crippen molar-refractivity contribution in [3.8, 4) is 5.75 Å². The molecule has 0 aliphatic rings. The van der Waals surface area contributed by atoms with Crippen LogP contribution in [0.1, 0.15) is 31.2 Å². The SMILES string of the molecule is CC(C)c1ccccc1OCC(=O)N(C)Cc1nc2ccsc2c(=O)[nH]1. The lowest BCUT2D eigenvalue weighted by atomic mass is 10.0. The molecule has 0 unspecified atom stereocenters. The molecule has 0 bridgehead atoms. The number of nitrogens with zero attached hydrogens (tertiary/aromatic N) is 2. The van der Waals surface area contributed by atoms with Crippen LogP contribution in [0.2, 0.25) is 0 Å². The largest absolute Gasteiger partial charge is 0.483 e. The highest BCUT2D eigenvalue weighted by Crippen LogP contribution is 2.25. The van der Waals surface area contributed by atoms with Gasteiger partial charge in [0.1, 0.15) is 16.3 Å². The van der Waals surface area contributed by atoms with E-state index in [-0.39, 0.29) is 24.6 Å². The molecule has 0 spiro atoms. The van der Waals surface area contributed by atoms with Crippen LogP contribution in [0.15, 0.2) is 40.5 Å². The van der Waals surface area contributed by atoms with E-state index in [1.807, 2.05) is 29.6 Å². The zero-order valence-electron chi connectivity index (χ0n) is 15.0. The summed E-state index contributed by atoms with van der Waals surface area (Å²) in [5.74, 6) is 1.30. The molecule has 0 saturated carbocycles. The van der Waals surface area contributed by atoms with E-state index >= 15 is 0 Å². The van der Waals surface area contributed by atoms with Crippen LogP contribution in [0, 0.1) is 0 Å². The van der Waals surface area contributed by atoms with Crippen LogP contribution in [0.4, 0.5) is 0 Å². The summed E-state index contributed by atoms with van der Waals surface area (Å²) in [4.78, 5) is 33.0. The van der Waals surface area contributed by atoms with Crippen molar-refractivity contribution in [1.29, 1.82) is 0 Å². The maximum atomic E-state index is 12.4. The Kier molecular flexibility index (Phi) is 5.37. The molecule has 0 radical (unpaired) electrons. The van der Waals surface area contributed by atoms with Crippen molar-refractivity contribution in [2.45, 2.75) is 26.3 Å². The van der Waals surface area contributed by atoms with Gasteiger partial charge < -0.3 is 14.6 Å². The third-order valence-electron chi connectivity index (χ3n) is 4.07. The number of aromatic nitrogens is 2. The maximum Gasteiger partial charge on any atom is 0.268 e. The Morgan fingerprint density at radius 2 is 2.08 bits per heavy atom. The van der Waals surface area contributed by atoms with Crippen molar-refractivity contribution in [1.82, 2.24) is 14.9 Å². The lowest BCUT2D eigenvalue weighted by Gasteiger charge is -2.18. The van der Waals surface area contributed by atoms with Crippen LogP contribution in [-0.4, -0.2) is 34.4 Å². The monoisotopic (exact) mass is 371 g/mol. The first-order valence-electron chi connectivity index (χ1n) is 8.37. The summed E-state index contributed by atoms with van der Waals surface area (Å²) in [6.07, 6.45) is 0. The van der Waals surface area contributed by atoms with Crippen LogP contribution in [-0.2, 0) is 11.3 Å². The quantitative estimate of drug-likeness (QED) is 0.722. The Morgan fingerprint density at radius 1 is 1.31 bits per heavy atom. The van der Waals surface area contributed by atoms with Crippen molar-refractivity contribution < 1.29 is 9.53 Å². The van der Waals surface area contributed by atoms with Crippen LogP contribution in [0.5, 0.6) is 5.75 Å². The van der Waals surface area contributed by atoms with Crippen LogP contribution in [0.3, 0.4) is 0 Å². The molecule has 0 aliphatic carbocycles. The Balaban J connectivity index is 1.65.